The van der Waals surface area contributed by atoms with Gasteiger partial charge in [0.25, 0.3) is 0 Å². The smallest absolute Gasteiger partial charge is 0.340 e. The Kier molecular flexibility index (Phi) is 3.28. The lowest BCUT2D eigenvalue weighted by Gasteiger charge is -1.99. The number of pyridine rings is 1. The number of aromatic amines is 1. The van der Waals surface area contributed by atoms with E-state index >= 15 is 0 Å². The molecule has 0 aliphatic rings. The molecule has 0 saturated carbocycles. The van der Waals surface area contributed by atoms with Crippen molar-refractivity contribution >= 4 is 21.9 Å². The molecule has 0 aliphatic carbocycles. The Morgan fingerprint density at radius 2 is 2.29 bits per heavy atom. The van der Waals surface area contributed by atoms with Crippen molar-refractivity contribution in [2.45, 2.75) is 6.92 Å². The molecule has 2 heterocycles. The average molecular weight is 295 g/mol. The Bertz CT molecular complexity index is 549. The summed E-state index contributed by atoms with van der Waals surface area (Å²) in [6.07, 6.45) is 3.44. The van der Waals surface area contributed by atoms with Crippen LogP contribution in [0, 0.1) is 6.92 Å². The van der Waals surface area contributed by atoms with Crippen LogP contribution in [0.25, 0.3) is 11.3 Å². The summed E-state index contributed by atoms with van der Waals surface area (Å²) >= 11 is 3.42. The molecule has 88 valence electrons. The molecule has 4 nitrogen and oxygen atoms in total. The number of hydrogen-bond donors (Lipinski definition) is 1. The first kappa shape index (κ1) is 11.9. The first-order chi connectivity index (χ1) is 8.15. The van der Waals surface area contributed by atoms with E-state index in [9.17, 15) is 4.79 Å². The number of aryl methyl sites for hydroxylation is 1. The number of methoxy groups -OCH3 is 1. The van der Waals surface area contributed by atoms with Crippen LogP contribution in [-0.4, -0.2) is 23.0 Å². The highest BCUT2D eigenvalue weighted by molar-refractivity contribution is 9.10. The fraction of sp³-hybridized carbons (Fsp3) is 0.167. The first-order valence-electron chi connectivity index (χ1n) is 5.02. The quantitative estimate of drug-likeness (QED) is 0.867. The number of nitrogens with one attached hydrogen (secondary N) is 1. The average Bonchev–Trinajstić information content (AvgIpc) is 2.65. The summed E-state index contributed by atoms with van der Waals surface area (Å²) in [6, 6.07) is 3.76. The van der Waals surface area contributed by atoms with Gasteiger partial charge in [-0.15, -0.1) is 0 Å². The third kappa shape index (κ3) is 2.10. The molecule has 2 aromatic heterocycles. The number of carbonyl (C=O) groups excluding carboxylic acids is 1. The molecular weight excluding hydrogens is 284 g/mol. The van der Waals surface area contributed by atoms with Gasteiger partial charge in [-0.3, -0.25) is 4.98 Å². The van der Waals surface area contributed by atoms with Crippen LogP contribution in [0.5, 0.6) is 0 Å². The molecule has 0 atom stereocenters. The molecular formula is C12H11BrN2O2. The Hall–Kier alpha value is -1.62. The predicted molar refractivity (Wildman–Crippen MR) is 67.8 cm³/mol. The number of esters is 1. The van der Waals surface area contributed by atoms with E-state index in [-0.39, 0.29) is 5.97 Å². The summed E-state index contributed by atoms with van der Waals surface area (Å²) in [5.41, 5.74) is 3.03. The van der Waals surface area contributed by atoms with Gasteiger partial charge in [0.05, 0.1) is 22.8 Å². The molecule has 5 heteroatoms. The zero-order valence-corrected chi connectivity index (χ0v) is 11.0. The summed E-state index contributed by atoms with van der Waals surface area (Å²) < 4.78 is 5.45. The van der Waals surface area contributed by atoms with Crippen LogP contribution >= 0.6 is 15.9 Å². The maximum atomic E-state index is 11.6. The highest BCUT2D eigenvalue weighted by Crippen LogP contribution is 2.32. The minimum Gasteiger partial charge on any atom is -0.465 e. The monoisotopic (exact) mass is 294 g/mol. The molecule has 0 aliphatic heterocycles. The third-order valence-corrected chi connectivity index (χ3v) is 3.26. The Labute approximate surface area is 107 Å². The highest BCUT2D eigenvalue weighted by Gasteiger charge is 2.20. The van der Waals surface area contributed by atoms with Gasteiger partial charge in [-0.25, -0.2) is 4.79 Å². The van der Waals surface area contributed by atoms with E-state index in [1.165, 1.54) is 7.11 Å². The molecule has 0 fully saturated rings. The molecule has 0 unspecified atom stereocenters. The van der Waals surface area contributed by atoms with Crippen LogP contribution in [0.2, 0.25) is 0 Å². The summed E-state index contributed by atoms with van der Waals surface area (Å²) in [6.45, 7) is 1.83. The van der Waals surface area contributed by atoms with Gasteiger partial charge in [-0.05, 0) is 35.0 Å². The molecule has 2 aromatic rings. The van der Waals surface area contributed by atoms with Gasteiger partial charge in [0.1, 0.15) is 0 Å². The maximum Gasteiger partial charge on any atom is 0.340 e. The summed E-state index contributed by atoms with van der Waals surface area (Å²) in [5, 5.41) is 0. The van der Waals surface area contributed by atoms with Crippen LogP contribution in [0.1, 0.15) is 16.1 Å². The Morgan fingerprint density at radius 1 is 1.53 bits per heavy atom. The van der Waals surface area contributed by atoms with Crippen LogP contribution in [0.4, 0.5) is 0 Å². The molecule has 17 heavy (non-hydrogen) atoms. The molecule has 0 bridgehead atoms. The van der Waals surface area contributed by atoms with Gasteiger partial charge >= 0.3 is 5.97 Å². The normalized spacial score (nSPS) is 10.3. The fourth-order valence-corrected chi connectivity index (χ4v) is 2.44. The molecule has 0 aromatic carbocycles. The van der Waals surface area contributed by atoms with Crippen molar-refractivity contribution in [3.63, 3.8) is 0 Å². The second-order valence-electron chi connectivity index (χ2n) is 3.55. The minimum absolute atomic E-state index is 0.360. The lowest BCUT2D eigenvalue weighted by molar-refractivity contribution is 0.0599. The lowest BCUT2D eigenvalue weighted by Crippen LogP contribution is -2.02. The van der Waals surface area contributed by atoms with Crippen molar-refractivity contribution in [3.05, 3.63) is 40.3 Å². The van der Waals surface area contributed by atoms with Crippen LogP contribution in [0.15, 0.2) is 29.0 Å². The Balaban J connectivity index is 2.56. The first-order valence-corrected chi connectivity index (χ1v) is 5.81. The topological polar surface area (TPSA) is 55.0 Å². The number of aromatic nitrogens is 2. The molecule has 0 saturated heterocycles. The van der Waals surface area contributed by atoms with E-state index < -0.39 is 0 Å². The molecule has 0 amide bonds. The standard InChI is InChI=1S/C12H11BrN2O2/c1-7-9(12(16)17-2)10(13)11(15-7)8-4-3-5-14-6-8/h3-6,15H,1-2H3. The third-order valence-electron chi connectivity index (χ3n) is 2.47. The predicted octanol–water partition coefficient (Wildman–Crippen LogP) is 2.93. The molecule has 2 rings (SSSR count). The van der Waals surface area contributed by atoms with E-state index in [1.54, 1.807) is 12.4 Å². The molecule has 1 N–H and O–H groups in total. The molecule has 0 radical (unpaired) electrons. The Morgan fingerprint density at radius 3 is 2.88 bits per heavy atom. The van der Waals surface area contributed by atoms with Crippen molar-refractivity contribution in [3.8, 4) is 11.3 Å². The SMILES string of the molecule is COC(=O)c1c(C)[nH]c(-c2cccnc2)c1Br. The number of carbonyl (C=O) groups is 1. The number of nitrogens with zero attached hydrogens (tertiary/aromatic N) is 1. The van der Waals surface area contributed by atoms with Gasteiger partial charge in [-0.2, -0.15) is 0 Å². The largest absolute Gasteiger partial charge is 0.465 e. The van der Waals surface area contributed by atoms with Crippen molar-refractivity contribution < 1.29 is 9.53 Å². The number of halogens is 1. The molecule has 0 spiro atoms. The van der Waals surface area contributed by atoms with Crippen LogP contribution in [-0.2, 0) is 4.74 Å². The summed E-state index contributed by atoms with van der Waals surface area (Å²) in [4.78, 5) is 18.8. The zero-order chi connectivity index (χ0) is 12.4. The second kappa shape index (κ2) is 4.71. The summed E-state index contributed by atoms with van der Waals surface area (Å²) in [7, 11) is 1.37. The van der Waals surface area contributed by atoms with Gasteiger partial charge in [-0.1, -0.05) is 0 Å². The maximum absolute atomic E-state index is 11.6. The van der Waals surface area contributed by atoms with Crippen molar-refractivity contribution in [2.24, 2.45) is 0 Å². The highest BCUT2D eigenvalue weighted by atomic mass is 79.9. The van der Waals surface area contributed by atoms with Crippen molar-refractivity contribution in [1.82, 2.24) is 9.97 Å². The van der Waals surface area contributed by atoms with Gasteiger partial charge < -0.3 is 9.72 Å². The van der Waals surface area contributed by atoms with Gasteiger partial charge in [0.2, 0.25) is 0 Å². The number of ether oxygens (including phenoxy) is 1. The van der Waals surface area contributed by atoms with E-state index in [2.05, 4.69) is 25.9 Å². The van der Waals surface area contributed by atoms with E-state index in [0.717, 1.165) is 17.0 Å². The summed E-state index contributed by atoms with van der Waals surface area (Å²) in [5.74, 6) is -0.360. The van der Waals surface area contributed by atoms with E-state index in [1.807, 2.05) is 19.1 Å². The van der Waals surface area contributed by atoms with Crippen LogP contribution < -0.4 is 0 Å². The number of rotatable bonds is 2. The number of H-pyrrole nitrogens is 1. The minimum atomic E-state index is -0.360. The van der Waals surface area contributed by atoms with E-state index in [0.29, 0.717) is 10.0 Å². The van der Waals surface area contributed by atoms with Gasteiger partial charge in [0.15, 0.2) is 0 Å². The van der Waals surface area contributed by atoms with Crippen molar-refractivity contribution in [2.75, 3.05) is 7.11 Å². The van der Waals surface area contributed by atoms with Gasteiger partial charge in [0, 0.05) is 23.7 Å². The van der Waals surface area contributed by atoms with E-state index in [4.69, 9.17) is 4.74 Å². The van der Waals surface area contributed by atoms with Crippen molar-refractivity contribution in [1.29, 1.82) is 0 Å². The van der Waals surface area contributed by atoms with Crippen LogP contribution in [0.3, 0.4) is 0 Å². The lowest BCUT2D eigenvalue weighted by atomic mass is 10.2. The zero-order valence-electron chi connectivity index (χ0n) is 9.45. The second-order valence-corrected chi connectivity index (χ2v) is 4.34. The fourth-order valence-electron chi connectivity index (χ4n) is 1.65. The number of hydrogen-bond acceptors (Lipinski definition) is 3.